The molecule has 9 heteroatoms. The molecule has 0 spiro atoms. The fourth-order valence-corrected chi connectivity index (χ4v) is 2.04. The van der Waals surface area contributed by atoms with Crippen LogP contribution < -0.4 is 10.6 Å². The Kier molecular flexibility index (Phi) is 8.00. The molecule has 26 heavy (non-hydrogen) atoms. The lowest BCUT2D eigenvalue weighted by atomic mass is 9.94. The van der Waals surface area contributed by atoms with Gasteiger partial charge in [0, 0.05) is 31.1 Å². The summed E-state index contributed by atoms with van der Waals surface area (Å²) in [4.78, 5) is 18.6. The first kappa shape index (κ1) is 21.9. The van der Waals surface area contributed by atoms with Crippen LogP contribution in [0.25, 0.3) is 0 Å². The zero-order chi connectivity index (χ0) is 18.4. The molecule has 2 rings (SSSR count). The quantitative estimate of drug-likeness (QED) is 0.227. The normalized spacial score (nSPS) is 11.6. The van der Waals surface area contributed by atoms with E-state index in [4.69, 9.17) is 4.42 Å². The number of hydrogen-bond donors (Lipinski definition) is 2. The SMILES string of the molecule is CN=C(NCc1ccc([N+](=O)[O-])cc1)NCc1ncc(C(C)(C)C)o1.I. The molecule has 0 aliphatic rings. The first-order valence-electron chi connectivity index (χ1n) is 7.92. The summed E-state index contributed by atoms with van der Waals surface area (Å²) in [5, 5.41) is 16.9. The highest BCUT2D eigenvalue weighted by atomic mass is 127. The number of nitro groups is 1. The molecule has 0 radical (unpaired) electrons. The number of aliphatic imine (C=N–C) groups is 1. The molecule has 1 heterocycles. The van der Waals surface area contributed by atoms with Crippen molar-refractivity contribution in [3.63, 3.8) is 0 Å². The Morgan fingerprint density at radius 1 is 1.23 bits per heavy atom. The zero-order valence-electron chi connectivity index (χ0n) is 15.3. The number of benzene rings is 1. The van der Waals surface area contributed by atoms with Crippen molar-refractivity contribution in [3.8, 4) is 0 Å². The van der Waals surface area contributed by atoms with Gasteiger partial charge in [0.05, 0.1) is 17.7 Å². The van der Waals surface area contributed by atoms with E-state index < -0.39 is 4.92 Å². The van der Waals surface area contributed by atoms with E-state index in [2.05, 4.69) is 41.4 Å². The van der Waals surface area contributed by atoms with E-state index in [0.29, 0.717) is 24.9 Å². The number of nitrogens with zero attached hydrogens (tertiary/aromatic N) is 3. The van der Waals surface area contributed by atoms with Gasteiger partial charge in [0.25, 0.3) is 5.69 Å². The standard InChI is InChI=1S/C17H23N5O3.HI/c1-17(2,3)14-10-19-15(25-14)11-21-16(18-4)20-9-12-5-7-13(8-6-12)22(23)24;/h5-8,10H,9,11H2,1-4H3,(H2,18,20,21);1H. The number of guanidine groups is 1. The van der Waals surface area contributed by atoms with Crippen molar-refractivity contribution in [2.75, 3.05) is 7.05 Å². The molecule has 1 aromatic carbocycles. The molecule has 0 aliphatic carbocycles. The summed E-state index contributed by atoms with van der Waals surface area (Å²) in [6.45, 7) is 7.10. The monoisotopic (exact) mass is 473 g/mol. The maximum absolute atomic E-state index is 10.7. The molecule has 0 amide bonds. The average Bonchev–Trinajstić information content (AvgIpc) is 3.04. The Balaban J connectivity index is 0.00000338. The number of hydrogen-bond acceptors (Lipinski definition) is 5. The molecule has 142 valence electrons. The zero-order valence-corrected chi connectivity index (χ0v) is 17.6. The van der Waals surface area contributed by atoms with Crippen LogP contribution >= 0.6 is 24.0 Å². The molecule has 0 bridgehead atoms. The molecule has 8 nitrogen and oxygen atoms in total. The fraction of sp³-hybridized carbons (Fsp3) is 0.412. The van der Waals surface area contributed by atoms with Gasteiger partial charge in [-0.05, 0) is 5.56 Å². The van der Waals surface area contributed by atoms with Crippen molar-refractivity contribution in [2.45, 2.75) is 39.3 Å². The molecule has 0 atom stereocenters. The van der Waals surface area contributed by atoms with Crippen LogP contribution in [0.5, 0.6) is 0 Å². The van der Waals surface area contributed by atoms with Gasteiger partial charge in [-0.1, -0.05) is 32.9 Å². The number of halogens is 1. The Morgan fingerprint density at radius 2 is 1.85 bits per heavy atom. The third-order valence-corrected chi connectivity index (χ3v) is 3.53. The molecule has 0 aliphatic heterocycles. The van der Waals surface area contributed by atoms with Gasteiger partial charge in [0.2, 0.25) is 5.89 Å². The maximum Gasteiger partial charge on any atom is 0.269 e. The third-order valence-electron chi connectivity index (χ3n) is 3.53. The molecule has 0 fully saturated rings. The molecule has 1 aromatic heterocycles. The molecule has 0 saturated heterocycles. The van der Waals surface area contributed by atoms with Crippen LogP contribution in [-0.4, -0.2) is 22.9 Å². The summed E-state index contributed by atoms with van der Waals surface area (Å²) in [5.74, 6) is 2.01. The summed E-state index contributed by atoms with van der Waals surface area (Å²) in [7, 11) is 1.67. The Hall–Kier alpha value is -2.17. The van der Waals surface area contributed by atoms with Crippen molar-refractivity contribution in [3.05, 3.63) is 57.8 Å². The number of rotatable bonds is 5. The van der Waals surface area contributed by atoms with Crippen LogP contribution in [0.3, 0.4) is 0 Å². The van der Waals surface area contributed by atoms with Crippen molar-refractivity contribution >= 4 is 35.6 Å². The second kappa shape index (κ2) is 9.51. The Bertz CT molecular complexity index is 751. The Morgan fingerprint density at radius 3 is 2.35 bits per heavy atom. The van der Waals surface area contributed by atoms with Crippen molar-refractivity contribution in [1.82, 2.24) is 15.6 Å². The van der Waals surface area contributed by atoms with E-state index in [1.807, 2.05) is 0 Å². The summed E-state index contributed by atoms with van der Waals surface area (Å²) in [5.41, 5.74) is 0.908. The summed E-state index contributed by atoms with van der Waals surface area (Å²) in [6, 6.07) is 6.38. The van der Waals surface area contributed by atoms with E-state index >= 15 is 0 Å². The van der Waals surface area contributed by atoms with Gasteiger partial charge in [-0.25, -0.2) is 4.98 Å². The number of oxazole rings is 1. The van der Waals surface area contributed by atoms with E-state index in [1.54, 1.807) is 25.4 Å². The van der Waals surface area contributed by atoms with Crippen LogP contribution in [0.2, 0.25) is 0 Å². The Labute approximate surface area is 169 Å². The van der Waals surface area contributed by atoms with E-state index in [1.165, 1.54) is 12.1 Å². The first-order chi connectivity index (χ1) is 11.8. The van der Waals surface area contributed by atoms with Gasteiger partial charge in [-0.3, -0.25) is 15.1 Å². The molecule has 2 aromatic rings. The van der Waals surface area contributed by atoms with Crippen molar-refractivity contribution in [2.24, 2.45) is 4.99 Å². The summed E-state index contributed by atoms with van der Waals surface area (Å²) >= 11 is 0. The third kappa shape index (κ3) is 6.28. The number of aromatic nitrogens is 1. The largest absolute Gasteiger partial charge is 0.443 e. The highest BCUT2D eigenvalue weighted by Crippen LogP contribution is 2.22. The summed E-state index contributed by atoms with van der Waals surface area (Å²) in [6.07, 6.45) is 1.74. The lowest BCUT2D eigenvalue weighted by Crippen LogP contribution is -2.36. The second-order valence-corrected chi connectivity index (χ2v) is 6.57. The van der Waals surface area contributed by atoms with Gasteiger partial charge >= 0.3 is 0 Å². The minimum absolute atomic E-state index is 0. The van der Waals surface area contributed by atoms with E-state index in [0.717, 1.165) is 11.3 Å². The van der Waals surface area contributed by atoms with Gasteiger partial charge in [-0.2, -0.15) is 0 Å². The smallest absolute Gasteiger partial charge is 0.269 e. The summed E-state index contributed by atoms with van der Waals surface area (Å²) < 4.78 is 5.72. The first-order valence-corrected chi connectivity index (χ1v) is 7.92. The van der Waals surface area contributed by atoms with Gasteiger partial charge in [0.15, 0.2) is 5.96 Å². The van der Waals surface area contributed by atoms with Crippen LogP contribution in [0.1, 0.15) is 38.0 Å². The molecular weight excluding hydrogens is 449 g/mol. The second-order valence-electron chi connectivity index (χ2n) is 6.57. The lowest BCUT2D eigenvalue weighted by Gasteiger charge is -2.13. The van der Waals surface area contributed by atoms with Crippen LogP contribution in [0, 0.1) is 10.1 Å². The van der Waals surface area contributed by atoms with E-state index in [-0.39, 0.29) is 35.1 Å². The fourth-order valence-electron chi connectivity index (χ4n) is 2.04. The number of nitrogens with one attached hydrogen (secondary N) is 2. The maximum atomic E-state index is 10.7. The van der Waals surface area contributed by atoms with Crippen molar-refractivity contribution in [1.29, 1.82) is 0 Å². The molecule has 2 N–H and O–H groups in total. The topological polar surface area (TPSA) is 106 Å². The minimum Gasteiger partial charge on any atom is -0.443 e. The molecule has 0 unspecified atom stereocenters. The highest BCUT2D eigenvalue weighted by Gasteiger charge is 2.19. The van der Waals surface area contributed by atoms with Crippen LogP contribution in [-0.2, 0) is 18.5 Å². The van der Waals surface area contributed by atoms with Gasteiger partial charge < -0.3 is 15.1 Å². The van der Waals surface area contributed by atoms with Crippen molar-refractivity contribution < 1.29 is 9.34 Å². The highest BCUT2D eigenvalue weighted by molar-refractivity contribution is 14.0. The lowest BCUT2D eigenvalue weighted by molar-refractivity contribution is -0.384. The van der Waals surface area contributed by atoms with Gasteiger partial charge in [-0.15, -0.1) is 24.0 Å². The van der Waals surface area contributed by atoms with Gasteiger partial charge in [0.1, 0.15) is 5.76 Å². The molecular formula is C17H24IN5O3. The van der Waals surface area contributed by atoms with E-state index in [9.17, 15) is 10.1 Å². The number of nitro benzene ring substituents is 1. The average molecular weight is 473 g/mol. The van der Waals surface area contributed by atoms with Crippen LogP contribution in [0.15, 0.2) is 39.9 Å². The van der Waals surface area contributed by atoms with Crippen LogP contribution in [0.4, 0.5) is 5.69 Å². The number of non-ortho nitro benzene ring substituents is 1. The molecule has 0 saturated carbocycles. The predicted molar refractivity (Wildman–Crippen MR) is 111 cm³/mol. The predicted octanol–water partition coefficient (Wildman–Crippen LogP) is 3.36. The minimum atomic E-state index is -0.417.